The molecule has 0 amide bonds. The van der Waals surface area contributed by atoms with Crippen molar-refractivity contribution in [2.75, 3.05) is 31.6 Å². The first-order chi connectivity index (χ1) is 8.81. The van der Waals surface area contributed by atoms with E-state index in [1.807, 2.05) is 0 Å². The van der Waals surface area contributed by atoms with Crippen molar-refractivity contribution >= 4 is 5.69 Å². The number of hydrogen-bond donors (Lipinski definition) is 1. The largest absolute Gasteiger partial charge is 0.381 e. The van der Waals surface area contributed by atoms with Crippen LogP contribution in [0.1, 0.15) is 18.9 Å². The molecular formula is C15H22N2O. The molecule has 2 atom stereocenters. The van der Waals surface area contributed by atoms with Gasteiger partial charge in [-0.1, -0.05) is 18.2 Å². The van der Waals surface area contributed by atoms with E-state index in [0.717, 1.165) is 26.2 Å². The second-order valence-corrected chi connectivity index (χ2v) is 5.48. The highest BCUT2D eigenvalue weighted by Gasteiger charge is 2.22. The van der Waals surface area contributed by atoms with E-state index in [4.69, 9.17) is 4.74 Å². The van der Waals surface area contributed by atoms with Crippen molar-refractivity contribution in [2.45, 2.75) is 31.9 Å². The lowest BCUT2D eigenvalue weighted by atomic mass is 9.97. The molecule has 98 valence electrons. The van der Waals surface area contributed by atoms with Gasteiger partial charge in [0.25, 0.3) is 0 Å². The number of rotatable bonds is 2. The molecule has 3 nitrogen and oxygen atoms in total. The van der Waals surface area contributed by atoms with Crippen molar-refractivity contribution in [3.8, 4) is 0 Å². The summed E-state index contributed by atoms with van der Waals surface area (Å²) in [6.07, 6.45) is 2.82. The standard InChI is InChI=1S/C15H22N2O/c1-12-10-17(8-9-18-12)11-14-7-6-13-4-2-3-5-15(13)16-14/h2-5,12,14,16H,6-11H2,1H3. The van der Waals surface area contributed by atoms with Gasteiger partial charge in [-0.05, 0) is 31.4 Å². The first-order valence-corrected chi connectivity index (χ1v) is 6.99. The lowest BCUT2D eigenvalue weighted by molar-refractivity contribution is -0.0195. The summed E-state index contributed by atoms with van der Waals surface area (Å²) in [4.78, 5) is 2.53. The molecule has 2 unspecified atom stereocenters. The molecule has 0 radical (unpaired) electrons. The second-order valence-electron chi connectivity index (χ2n) is 5.48. The third-order valence-corrected chi connectivity index (χ3v) is 3.94. The Morgan fingerprint density at radius 2 is 2.28 bits per heavy atom. The Balaban J connectivity index is 1.59. The highest BCUT2D eigenvalue weighted by atomic mass is 16.5. The normalized spacial score (nSPS) is 28.5. The molecule has 18 heavy (non-hydrogen) atoms. The summed E-state index contributed by atoms with van der Waals surface area (Å²) in [7, 11) is 0. The van der Waals surface area contributed by atoms with E-state index in [9.17, 15) is 0 Å². The predicted octanol–water partition coefficient (Wildman–Crippen LogP) is 2.13. The third kappa shape index (κ3) is 2.68. The fourth-order valence-corrected chi connectivity index (χ4v) is 3.01. The highest BCUT2D eigenvalue weighted by molar-refractivity contribution is 5.53. The Morgan fingerprint density at radius 1 is 1.39 bits per heavy atom. The van der Waals surface area contributed by atoms with Gasteiger partial charge in [-0.2, -0.15) is 0 Å². The van der Waals surface area contributed by atoms with Crippen molar-refractivity contribution in [3.05, 3.63) is 29.8 Å². The summed E-state index contributed by atoms with van der Waals surface area (Å²) in [5, 5.41) is 3.68. The maximum Gasteiger partial charge on any atom is 0.0674 e. The minimum atomic E-state index is 0.384. The van der Waals surface area contributed by atoms with Crippen LogP contribution in [0.5, 0.6) is 0 Å². The molecule has 1 aromatic carbocycles. The molecule has 0 aromatic heterocycles. The second kappa shape index (κ2) is 5.29. The zero-order chi connectivity index (χ0) is 12.4. The number of fused-ring (bicyclic) bond motifs is 1. The summed E-state index contributed by atoms with van der Waals surface area (Å²) in [5.74, 6) is 0. The topological polar surface area (TPSA) is 24.5 Å². The molecule has 1 N–H and O–H groups in total. The SMILES string of the molecule is CC1CN(CC2CCc3ccccc3N2)CCO1. The molecule has 0 spiro atoms. The van der Waals surface area contributed by atoms with E-state index in [2.05, 4.69) is 41.4 Å². The van der Waals surface area contributed by atoms with E-state index >= 15 is 0 Å². The van der Waals surface area contributed by atoms with Gasteiger partial charge < -0.3 is 10.1 Å². The quantitative estimate of drug-likeness (QED) is 0.865. The van der Waals surface area contributed by atoms with Crippen molar-refractivity contribution in [1.82, 2.24) is 4.90 Å². The van der Waals surface area contributed by atoms with E-state index < -0.39 is 0 Å². The number of anilines is 1. The zero-order valence-corrected chi connectivity index (χ0v) is 11.1. The summed E-state index contributed by atoms with van der Waals surface area (Å²) < 4.78 is 5.59. The van der Waals surface area contributed by atoms with Gasteiger partial charge in [0.1, 0.15) is 0 Å². The lowest BCUT2D eigenvalue weighted by Gasteiger charge is -2.36. The molecule has 1 fully saturated rings. The number of benzene rings is 1. The van der Waals surface area contributed by atoms with Gasteiger partial charge in [-0.3, -0.25) is 4.90 Å². The molecule has 2 aliphatic rings. The van der Waals surface area contributed by atoms with Crippen LogP contribution in [-0.4, -0.2) is 43.3 Å². The maximum absolute atomic E-state index is 5.59. The minimum absolute atomic E-state index is 0.384. The molecular weight excluding hydrogens is 224 g/mol. The molecule has 2 heterocycles. The average Bonchev–Trinajstić information content (AvgIpc) is 2.39. The summed E-state index contributed by atoms with van der Waals surface area (Å²) in [6.45, 7) is 6.33. The van der Waals surface area contributed by atoms with Crippen molar-refractivity contribution in [1.29, 1.82) is 0 Å². The fourth-order valence-electron chi connectivity index (χ4n) is 3.01. The Kier molecular flexibility index (Phi) is 3.52. The molecule has 1 saturated heterocycles. The lowest BCUT2D eigenvalue weighted by Crippen LogP contribution is -2.46. The maximum atomic E-state index is 5.59. The van der Waals surface area contributed by atoms with E-state index in [1.54, 1.807) is 0 Å². The van der Waals surface area contributed by atoms with E-state index in [-0.39, 0.29) is 0 Å². The Hall–Kier alpha value is -1.06. The van der Waals surface area contributed by atoms with Crippen LogP contribution in [0.2, 0.25) is 0 Å². The fraction of sp³-hybridized carbons (Fsp3) is 0.600. The monoisotopic (exact) mass is 246 g/mol. The summed E-state index contributed by atoms with van der Waals surface area (Å²) in [5.41, 5.74) is 2.79. The number of morpholine rings is 1. The number of nitrogens with zero attached hydrogens (tertiary/aromatic N) is 1. The van der Waals surface area contributed by atoms with Crippen LogP contribution in [0.15, 0.2) is 24.3 Å². The first kappa shape index (κ1) is 12.0. The van der Waals surface area contributed by atoms with Crippen LogP contribution in [0.3, 0.4) is 0 Å². The smallest absolute Gasteiger partial charge is 0.0674 e. The summed E-state index contributed by atoms with van der Waals surface area (Å²) >= 11 is 0. The van der Waals surface area contributed by atoms with Crippen LogP contribution in [0.25, 0.3) is 0 Å². The van der Waals surface area contributed by atoms with Gasteiger partial charge in [-0.25, -0.2) is 0 Å². The van der Waals surface area contributed by atoms with Gasteiger partial charge in [-0.15, -0.1) is 0 Å². The van der Waals surface area contributed by atoms with Crippen LogP contribution < -0.4 is 5.32 Å². The molecule has 3 heteroatoms. The Labute approximate surface area is 109 Å². The Morgan fingerprint density at radius 3 is 3.17 bits per heavy atom. The first-order valence-electron chi connectivity index (χ1n) is 6.99. The van der Waals surface area contributed by atoms with Crippen LogP contribution in [0.4, 0.5) is 5.69 Å². The zero-order valence-electron chi connectivity index (χ0n) is 11.1. The Bertz CT molecular complexity index is 407. The number of nitrogens with one attached hydrogen (secondary N) is 1. The molecule has 3 rings (SSSR count). The number of aryl methyl sites for hydroxylation is 1. The summed E-state index contributed by atoms with van der Waals surface area (Å²) in [6, 6.07) is 9.26. The molecule has 2 aliphatic heterocycles. The van der Waals surface area contributed by atoms with Gasteiger partial charge in [0.2, 0.25) is 0 Å². The third-order valence-electron chi connectivity index (χ3n) is 3.94. The van der Waals surface area contributed by atoms with E-state index in [0.29, 0.717) is 12.1 Å². The molecule has 0 bridgehead atoms. The highest BCUT2D eigenvalue weighted by Crippen LogP contribution is 2.24. The van der Waals surface area contributed by atoms with Gasteiger partial charge >= 0.3 is 0 Å². The number of para-hydroxylation sites is 1. The number of hydrogen-bond acceptors (Lipinski definition) is 3. The van der Waals surface area contributed by atoms with Gasteiger partial charge in [0.05, 0.1) is 12.7 Å². The average molecular weight is 246 g/mol. The van der Waals surface area contributed by atoms with Crippen molar-refractivity contribution in [3.63, 3.8) is 0 Å². The predicted molar refractivity (Wildman–Crippen MR) is 74.0 cm³/mol. The van der Waals surface area contributed by atoms with Gasteiger partial charge in [0, 0.05) is 31.4 Å². The number of ether oxygens (including phenoxy) is 1. The van der Waals surface area contributed by atoms with Crippen LogP contribution in [0, 0.1) is 0 Å². The molecule has 1 aromatic rings. The van der Waals surface area contributed by atoms with Crippen molar-refractivity contribution in [2.24, 2.45) is 0 Å². The molecule has 0 aliphatic carbocycles. The van der Waals surface area contributed by atoms with Crippen LogP contribution >= 0.6 is 0 Å². The van der Waals surface area contributed by atoms with Crippen LogP contribution in [-0.2, 0) is 11.2 Å². The van der Waals surface area contributed by atoms with Gasteiger partial charge in [0.15, 0.2) is 0 Å². The van der Waals surface area contributed by atoms with Crippen molar-refractivity contribution < 1.29 is 4.74 Å². The minimum Gasteiger partial charge on any atom is -0.381 e. The molecule has 0 saturated carbocycles. The van der Waals surface area contributed by atoms with E-state index in [1.165, 1.54) is 24.1 Å².